The third kappa shape index (κ3) is 2.94. The maximum atomic E-state index is 12.3. The topological polar surface area (TPSA) is 55.1 Å². The van der Waals surface area contributed by atoms with Gasteiger partial charge in [-0.15, -0.1) is 11.3 Å². The molecule has 24 heavy (non-hydrogen) atoms. The van der Waals surface area contributed by atoms with E-state index >= 15 is 0 Å². The van der Waals surface area contributed by atoms with E-state index in [4.69, 9.17) is 4.42 Å². The van der Waals surface area contributed by atoms with Crippen molar-refractivity contribution in [1.29, 1.82) is 0 Å². The summed E-state index contributed by atoms with van der Waals surface area (Å²) < 4.78 is 6.79. The molecule has 4 rings (SSSR count). The van der Waals surface area contributed by atoms with Crippen LogP contribution in [-0.2, 0) is 6.54 Å². The van der Waals surface area contributed by atoms with Crippen molar-refractivity contribution in [2.24, 2.45) is 0 Å². The maximum absolute atomic E-state index is 12.3. The Morgan fingerprint density at radius 3 is 2.71 bits per heavy atom. The van der Waals surface area contributed by atoms with E-state index in [-0.39, 0.29) is 12.5 Å². The molecule has 2 aromatic heterocycles. The van der Waals surface area contributed by atoms with Gasteiger partial charge in [0.1, 0.15) is 0 Å². The summed E-state index contributed by atoms with van der Waals surface area (Å²) in [5, 5.41) is 3.94. The normalized spacial score (nSPS) is 10.8. The molecule has 0 saturated carbocycles. The lowest BCUT2D eigenvalue weighted by molar-refractivity contribution is 0.0951. The van der Waals surface area contributed by atoms with Crippen LogP contribution in [-0.4, -0.2) is 10.9 Å². The van der Waals surface area contributed by atoms with Gasteiger partial charge in [0.05, 0.1) is 17.6 Å². The van der Waals surface area contributed by atoms with Crippen LogP contribution in [0.1, 0.15) is 15.6 Å². The summed E-state index contributed by atoms with van der Waals surface area (Å²) in [7, 11) is 0. The van der Waals surface area contributed by atoms with Crippen LogP contribution in [0.25, 0.3) is 21.4 Å². The summed E-state index contributed by atoms with van der Waals surface area (Å²) in [4.78, 5) is 17.2. The van der Waals surface area contributed by atoms with Gasteiger partial charge in [-0.05, 0) is 17.5 Å². The minimum atomic E-state index is -0.115. The molecule has 0 saturated heterocycles. The number of oxazole rings is 1. The van der Waals surface area contributed by atoms with Crippen LogP contribution < -0.4 is 5.32 Å². The van der Waals surface area contributed by atoms with Crippen LogP contribution in [0, 0.1) is 0 Å². The van der Waals surface area contributed by atoms with Crippen molar-refractivity contribution in [2.75, 3.05) is 0 Å². The van der Waals surface area contributed by atoms with Crippen LogP contribution in [0.5, 0.6) is 0 Å². The second-order valence-corrected chi connectivity index (χ2v) is 6.40. The Hall–Kier alpha value is -2.92. The van der Waals surface area contributed by atoms with Crippen molar-refractivity contribution in [3.8, 4) is 11.3 Å². The molecular weight excluding hydrogens is 320 g/mol. The van der Waals surface area contributed by atoms with Gasteiger partial charge < -0.3 is 9.73 Å². The first-order valence-corrected chi connectivity index (χ1v) is 8.38. The lowest BCUT2D eigenvalue weighted by Crippen LogP contribution is -2.21. The third-order valence-corrected chi connectivity index (χ3v) is 4.78. The van der Waals surface area contributed by atoms with E-state index in [1.54, 1.807) is 6.20 Å². The number of fused-ring (bicyclic) bond motifs is 1. The number of nitrogens with one attached hydrogen (secondary N) is 1. The number of hydrogen-bond donors (Lipinski definition) is 1. The lowest BCUT2D eigenvalue weighted by atomic mass is 10.2. The highest BCUT2D eigenvalue weighted by Crippen LogP contribution is 2.25. The fourth-order valence-corrected chi connectivity index (χ4v) is 3.44. The van der Waals surface area contributed by atoms with Crippen LogP contribution in [0.3, 0.4) is 0 Å². The molecule has 0 spiro atoms. The minimum absolute atomic E-state index is 0.115. The Morgan fingerprint density at radius 2 is 1.88 bits per heavy atom. The molecule has 0 aliphatic heterocycles. The van der Waals surface area contributed by atoms with Gasteiger partial charge in [-0.2, -0.15) is 0 Å². The van der Waals surface area contributed by atoms with Crippen molar-refractivity contribution >= 4 is 27.3 Å². The monoisotopic (exact) mass is 334 g/mol. The van der Waals surface area contributed by atoms with Gasteiger partial charge in [0.15, 0.2) is 5.76 Å². The van der Waals surface area contributed by atoms with E-state index in [0.717, 1.165) is 15.6 Å². The van der Waals surface area contributed by atoms with E-state index < -0.39 is 0 Å². The van der Waals surface area contributed by atoms with Gasteiger partial charge in [0, 0.05) is 10.3 Å². The molecule has 0 atom stereocenters. The smallest absolute Gasteiger partial charge is 0.261 e. The fourth-order valence-electron chi connectivity index (χ4n) is 2.46. The zero-order valence-electron chi connectivity index (χ0n) is 12.7. The van der Waals surface area contributed by atoms with Crippen molar-refractivity contribution < 1.29 is 9.21 Å². The Morgan fingerprint density at radius 1 is 1.08 bits per heavy atom. The summed E-state index contributed by atoms with van der Waals surface area (Å²) in [5.41, 5.74) is 0.965. The van der Waals surface area contributed by atoms with E-state index in [9.17, 15) is 4.79 Å². The molecular formula is C19H14N2O2S. The number of nitrogens with zero attached hydrogens (tertiary/aromatic N) is 1. The molecule has 0 radical (unpaired) electrons. The van der Waals surface area contributed by atoms with Gasteiger partial charge in [-0.1, -0.05) is 48.5 Å². The highest BCUT2D eigenvalue weighted by atomic mass is 32.1. The van der Waals surface area contributed by atoms with Crippen molar-refractivity contribution in [1.82, 2.24) is 10.3 Å². The average Bonchev–Trinajstić information content (AvgIpc) is 3.27. The highest BCUT2D eigenvalue weighted by Gasteiger charge is 2.12. The molecule has 0 aliphatic carbocycles. The molecule has 2 heterocycles. The molecule has 1 N–H and O–H groups in total. The zero-order valence-corrected chi connectivity index (χ0v) is 13.5. The van der Waals surface area contributed by atoms with Crippen LogP contribution in [0.2, 0.25) is 0 Å². The summed E-state index contributed by atoms with van der Waals surface area (Å²) >= 11 is 1.48. The Kier molecular flexibility index (Phi) is 3.84. The van der Waals surface area contributed by atoms with Gasteiger partial charge in [0.25, 0.3) is 5.91 Å². The minimum Gasteiger partial charge on any atom is -0.439 e. The largest absolute Gasteiger partial charge is 0.439 e. The Balaban J connectivity index is 1.45. The molecule has 4 nitrogen and oxygen atoms in total. The Labute approximate surface area is 142 Å². The van der Waals surface area contributed by atoms with E-state index in [0.29, 0.717) is 16.5 Å². The molecule has 4 aromatic rings. The van der Waals surface area contributed by atoms with Crippen molar-refractivity contribution in [3.63, 3.8) is 0 Å². The van der Waals surface area contributed by atoms with E-state index in [2.05, 4.69) is 10.3 Å². The third-order valence-electron chi connectivity index (χ3n) is 3.66. The molecule has 118 valence electrons. The molecule has 0 bridgehead atoms. The number of carbonyl (C=O) groups is 1. The molecule has 0 aliphatic rings. The quantitative estimate of drug-likeness (QED) is 0.598. The first kappa shape index (κ1) is 14.7. The molecule has 0 fully saturated rings. The zero-order chi connectivity index (χ0) is 16.4. The van der Waals surface area contributed by atoms with Gasteiger partial charge in [0.2, 0.25) is 5.89 Å². The summed E-state index contributed by atoms with van der Waals surface area (Å²) in [5.74, 6) is 1.07. The summed E-state index contributed by atoms with van der Waals surface area (Å²) in [6, 6.07) is 19.6. The molecule has 2 aromatic carbocycles. The van der Waals surface area contributed by atoms with E-state index in [1.807, 2.05) is 60.7 Å². The predicted molar refractivity (Wildman–Crippen MR) is 94.9 cm³/mol. The van der Waals surface area contributed by atoms with Gasteiger partial charge in [-0.25, -0.2) is 4.98 Å². The van der Waals surface area contributed by atoms with E-state index in [1.165, 1.54) is 11.3 Å². The number of benzene rings is 2. The van der Waals surface area contributed by atoms with Crippen LogP contribution >= 0.6 is 11.3 Å². The molecule has 5 heteroatoms. The number of carbonyl (C=O) groups excluding carboxylic acids is 1. The summed E-state index contributed by atoms with van der Waals surface area (Å²) in [6.45, 7) is 0.264. The van der Waals surface area contributed by atoms with Crippen molar-refractivity contribution in [2.45, 2.75) is 6.54 Å². The average molecular weight is 334 g/mol. The lowest BCUT2D eigenvalue weighted by Gasteiger charge is -2.00. The number of hydrogen-bond acceptors (Lipinski definition) is 4. The second-order valence-electron chi connectivity index (χ2n) is 5.32. The standard InChI is InChI=1S/C19H14N2O2S/c22-19(17-10-14-8-4-5-9-16(14)24-17)21-12-18-20-11-15(23-18)13-6-2-1-3-7-13/h1-11H,12H2,(H,21,22). The van der Waals surface area contributed by atoms with Crippen LogP contribution in [0.4, 0.5) is 0 Å². The SMILES string of the molecule is O=C(NCc1ncc(-c2ccccc2)o1)c1cc2ccccc2s1. The number of aromatic nitrogens is 1. The first-order valence-electron chi connectivity index (χ1n) is 7.56. The number of thiophene rings is 1. The summed E-state index contributed by atoms with van der Waals surface area (Å²) in [6.07, 6.45) is 1.68. The Bertz CT molecular complexity index is 956. The van der Waals surface area contributed by atoms with Gasteiger partial charge in [-0.3, -0.25) is 4.79 Å². The van der Waals surface area contributed by atoms with Crippen molar-refractivity contribution in [3.05, 3.63) is 77.6 Å². The first-order chi connectivity index (χ1) is 11.8. The van der Waals surface area contributed by atoms with Crippen LogP contribution in [0.15, 0.2) is 71.3 Å². The predicted octanol–water partition coefficient (Wildman–Crippen LogP) is 4.49. The van der Waals surface area contributed by atoms with Gasteiger partial charge >= 0.3 is 0 Å². The number of amides is 1. The molecule has 0 unspecified atom stereocenters. The molecule has 1 amide bonds. The second kappa shape index (κ2) is 6.29. The number of rotatable bonds is 4. The highest BCUT2D eigenvalue weighted by molar-refractivity contribution is 7.20. The fraction of sp³-hybridized carbons (Fsp3) is 0.0526. The maximum Gasteiger partial charge on any atom is 0.261 e.